The first-order valence-corrected chi connectivity index (χ1v) is 5.55. The average Bonchev–Trinajstić information content (AvgIpc) is 3.05. The van der Waals surface area contributed by atoms with Crippen molar-refractivity contribution in [3.63, 3.8) is 0 Å². The van der Waals surface area contributed by atoms with Gasteiger partial charge in [-0.2, -0.15) is 0 Å². The number of benzene rings is 1. The van der Waals surface area contributed by atoms with Gasteiger partial charge >= 0.3 is 6.03 Å². The second-order valence-electron chi connectivity index (χ2n) is 4.16. The molecule has 3 nitrogen and oxygen atoms in total. The van der Waals surface area contributed by atoms with E-state index in [1.54, 1.807) is 6.20 Å². The van der Waals surface area contributed by atoms with E-state index in [4.69, 9.17) is 0 Å². The largest absolute Gasteiger partial charge is 0.323 e. The first-order chi connectivity index (χ1) is 7.74. The summed E-state index contributed by atoms with van der Waals surface area (Å²) in [4.78, 5) is 11.4. The highest BCUT2D eigenvalue weighted by atomic mass is 16.2. The van der Waals surface area contributed by atoms with E-state index in [1.165, 1.54) is 18.4 Å². The van der Waals surface area contributed by atoms with E-state index < -0.39 is 0 Å². The van der Waals surface area contributed by atoms with Crippen LogP contribution in [0.5, 0.6) is 0 Å². The molecule has 1 saturated carbocycles. The lowest BCUT2D eigenvalue weighted by molar-refractivity contribution is 0.255. The van der Waals surface area contributed by atoms with E-state index in [9.17, 15) is 4.79 Å². The molecule has 0 aromatic heterocycles. The van der Waals surface area contributed by atoms with Crippen LogP contribution in [0.3, 0.4) is 0 Å². The van der Waals surface area contributed by atoms with Crippen molar-refractivity contribution in [2.45, 2.75) is 19.8 Å². The Balaban J connectivity index is 1.79. The Labute approximate surface area is 95.6 Å². The fraction of sp³-hybridized carbons (Fsp3) is 0.308. The summed E-state index contributed by atoms with van der Waals surface area (Å²) >= 11 is 0. The number of carbonyl (C=O) groups is 1. The van der Waals surface area contributed by atoms with Crippen LogP contribution in [-0.2, 0) is 0 Å². The quantitative estimate of drug-likeness (QED) is 0.801. The van der Waals surface area contributed by atoms with Crippen LogP contribution >= 0.6 is 0 Å². The summed E-state index contributed by atoms with van der Waals surface area (Å²) in [7, 11) is 0. The second-order valence-corrected chi connectivity index (χ2v) is 4.16. The number of carbonyl (C=O) groups excluding carboxylic acids is 1. The minimum absolute atomic E-state index is 0.194. The van der Waals surface area contributed by atoms with Gasteiger partial charge in [0, 0.05) is 11.9 Å². The van der Waals surface area contributed by atoms with Gasteiger partial charge in [0.15, 0.2) is 0 Å². The third-order valence-electron chi connectivity index (χ3n) is 2.51. The number of anilines is 1. The third kappa shape index (κ3) is 3.42. The molecule has 2 amide bonds. The van der Waals surface area contributed by atoms with E-state index >= 15 is 0 Å². The lowest BCUT2D eigenvalue weighted by Crippen LogP contribution is -2.23. The molecular formula is C13H16N2O. The van der Waals surface area contributed by atoms with Gasteiger partial charge in [-0.15, -0.1) is 0 Å². The van der Waals surface area contributed by atoms with Gasteiger partial charge in [0.05, 0.1) is 0 Å². The molecule has 0 aliphatic heterocycles. The smallest absolute Gasteiger partial charge is 0.315 e. The van der Waals surface area contributed by atoms with Gasteiger partial charge in [-0.25, -0.2) is 4.79 Å². The average molecular weight is 216 g/mol. The van der Waals surface area contributed by atoms with Crippen molar-refractivity contribution < 1.29 is 4.79 Å². The fourth-order valence-corrected chi connectivity index (χ4v) is 1.35. The maximum atomic E-state index is 11.4. The van der Waals surface area contributed by atoms with Crippen LogP contribution in [0, 0.1) is 12.8 Å². The van der Waals surface area contributed by atoms with Gasteiger partial charge in [0.1, 0.15) is 0 Å². The van der Waals surface area contributed by atoms with E-state index in [2.05, 4.69) is 10.6 Å². The zero-order valence-electron chi connectivity index (χ0n) is 9.36. The summed E-state index contributed by atoms with van der Waals surface area (Å²) in [5.41, 5.74) is 1.99. The van der Waals surface area contributed by atoms with Gasteiger partial charge in [-0.05, 0) is 37.8 Å². The molecule has 0 radical (unpaired) electrons. The molecule has 1 aliphatic rings. The number of urea groups is 1. The highest BCUT2D eigenvalue weighted by Crippen LogP contribution is 2.29. The van der Waals surface area contributed by atoms with Crippen LogP contribution in [0.15, 0.2) is 36.5 Å². The highest BCUT2D eigenvalue weighted by Gasteiger charge is 2.16. The van der Waals surface area contributed by atoms with Gasteiger partial charge in [0.2, 0.25) is 0 Å². The summed E-state index contributed by atoms with van der Waals surface area (Å²) in [6.45, 7) is 2.02. The number of nitrogens with one attached hydrogen (secondary N) is 2. The Morgan fingerprint density at radius 3 is 2.62 bits per heavy atom. The molecule has 1 aromatic carbocycles. The summed E-state index contributed by atoms with van der Waals surface area (Å²) < 4.78 is 0. The molecule has 0 bridgehead atoms. The number of hydrogen-bond acceptors (Lipinski definition) is 1. The maximum absolute atomic E-state index is 11.4. The number of amides is 2. The van der Waals surface area contributed by atoms with Crippen molar-refractivity contribution in [1.82, 2.24) is 5.32 Å². The molecule has 0 spiro atoms. The predicted molar refractivity (Wildman–Crippen MR) is 65.2 cm³/mol. The molecule has 0 heterocycles. The Hall–Kier alpha value is -1.77. The van der Waals surface area contributed by atoms with E-state index in [-0.39, 0.29) is 6.03 Å². The first kappa shape index (κ1) is 10.7. The SMILES string of the molecule is Cc1ccc(NC(=O)N/C=C/C2CC2)cc1. The normalized spacial score (nSPS) is 15.1. The van der Waals surface area contributed by atoms with Gasteiger partial charge in [-0.3, -0.25) is 0 Å². The van der Waals surface area contributed by atoms with Crippen molar-refractivity contribution in [2.75, 3.05) is 5.32 Å². The Morgan fingerprint density at radius 1 is 1.31 bits per heavy atom. The molecule has 2 N–H and O–H groups in total. The lowest BCUT2D eigenvalue weighted by atomic mass is 10.2. The van der Waals surface area contributed by atoms with Crippen LogP contribution < -0.4 is 10.6 Å². The zero-order valence-corrected chi connectivity index (χ0v) is 9.36. The minimum atomic E-state index is -0.194. The molecule has 1 aliphatic carbocycles. The van der Waals surface area contributed by atoms with Gasteiger partial charge in [-0.1, -0.05) is 23.8 Å². The van der Waals surface area contributed by atoms with Crippen LogP contribution in [0.4, 0.5) is 10.5 Å². The molecule has 84 valence electrons. The van der Waals surface area contributed by atoms with Gasteiger partial charge in [0.25, 0.3) is 0 Å². The molecule has 0 saturated heterocycles. The zero-order chi connectivity index (χ0) is 11.4. The van der Waals surface area contributed by atoms with E-state index in [1.807, 2.05) is 37.3 Å². The van der Waals surface area contributed by atoms with Crippen molar-refractivity contribution in [3.8, 4) is 0 Å². The van der Waals surface area contributed by atoms with Crippen molar-refractivity contribution >= 4 is 11.7 Å². The van der Waals surface area contributed by atoms with Crippen LogP contribution in [0.1, 0.15) is 18.4 Å². The van der Waals surface area contributed by atoms with Crippen molar-refractivity contribution in [3.05, 3.63) is 42.1 Å². The number of allylic oxidation sites excluding steroid dienone is 1. The summed E-state index contributed by atoms with van der Waals surface area (Å²) in [6.07, 6.45) is 6.26. The standard InChI is InChI=1S/C13H16N2O/c1-10-2-6-12(7-3-10)15-13(16)14-9-8-11-4-5-11/h2-3,6-9,11H,4-5H2,1H3,(H2,14,15,16)/b9-8+. The molecule has 0 atom stereocenters. The van der Waals surface area contributed by atoms with Crippen LogP contribution in [0.25, 0.3) is 0 Å². The first-order valence-electron chi connectivity index (χ1n) is 5.55. The Kier molecular flexibility index (Phi) is 3.25. The summed E-state index contributed by atoms with van der Waals surface area (Å²) in [5.74, 6) is 0.680. The summed E-state index contributed by atoms with van der Waals surface area (Å²) in [5, 5.41) is 5.45. The second kappa shape index (κ2) is 4.84. The van der Waals surface area contributed by atoms with E-state index in [0.717, 1.165) is 5.69 Å². The monoisotopic (exact) mass is 216 g/mol. The van der Waals surface area contributed by atoms with Gasteiger partial charge < -0.3 is 10.6 Å². The van der Waals surface area contributed by atoms with Crippen LogP contribution in [0.2, 0.25) is 0 Å². The Morgan fingerprint density at radius 2 is 2.00 bits per heavy atom. The van der Waals surface area contributed by atoms with Crippen molar-refractivity contribution in [1.29, 1.82) is 0 Å². The molecule has 3 heteroatoms. The number of rotatable bonds is 3. The predicted octanol–water partition coefficient (Wildman–Crippen LogP) is 3.04. The molecule has 1 fully saturated rings. The Bertz CT molecular complexity index is 391. The number of aryl methyl sites for hydroxylation is 1. The van der Waals surface area contributed by atoms with Crippen LogP contribution in [-0.4, -0.2) is 6.03 Å². The minimum Gasteiger partial charge on any atom is -0.315 e. The topological polar surface area (TPSA) is 41.1 Å². The fourth-order valence-electron chi connectivity index (χ4n) is 1.35. The molecular weight excluding hydrogens is 200 g/mol. The maximum Gasteiger partial charge on any atom is 0.323 e. The molecule has 1 aromatic rings. The molecule has 2 rings (SSSR count). The molecule has 0 unspecified atom stereocenters. The molecule has 16 heavy (non-hydrogen) atoms. The third-order valence-corrected chi connectivity index (χ3v) is 2.51. The van der Waals surface area contributed by atoms with E-state index in [0.29, 0.717) is 5.92 Å². The highest BCUT2D eigenvalue weighted by molar-refractivity contribution is 5.89. The number of hydrogen-bond donors (Lipinski definition) is 2. The van der Waals surface area contributed by atoms with Crippen molar-refractivity contribution in [2.24, 2.45) is 5.92 Å². The lowest BCUT2D eigenvalue weighted by Gasteiger charge is -2.04. The summed E-state index contributed by atoms with van der Waals surface area (Å²) in [6, 6.07) is 7.52.